The summed E-state index contributed by atoms with van der Waals surface area (Å²) < 4.78 is 12.2. The molecule has 100 valence electrons. The molecule has 4 nitrogen and oxygen atoms in total. The van der Waals surface area contributed by atoms with E-state index in [1.807, 2.05) is 12.3 Å². The van der Waals surface area contributed by atoms with Crippen molar-refractivity contribution >= 4 is 23.6 Å². The topological polar surface area (TPSA) is 47.1 Å². The molecule has 1 N–H and O–H groups in total. The van der Waals surface area contributed by atoms with E-state index in [4.69, 9.17) is 9.31 Å². The van der Waals surface area contributed by atoms with E-state index < -0.39 is 0 Å². The Morgan fingerprint density at radius 1 is 1.16 bits per heavy atom. The minimum atomic E-state index is -0.343. The van der Waals surface area contributed by atoms with Gasteiger partial charge in [-0.05, 0) is 51.7 Å². The van der Waals surface area contributed by atoms with Gasteiger partial charge in [0.15, 0.2) is 0 Å². The lowest BCUT2D eigenvalue weighted by Gasteiger charge is -2.32. The standard InChI is InChI=1S/C14H19BN2O2/c1-9-8-17-12-11(9)10(6-7-16-12)15-18-13(2,3)14(4,5)19-15/h6-8H,1-5H3,(H,16,17). The average molecular weight is 258 g/mol. The highest BCUT2D eigenvalue weighted by Gasteiger charge is 2.52. The van der Waals surface area contributed by atoms with Crippen molar-refractivity contribution in [1.29, 1.82) is 0 Å². The molecule has 0 aliphatic carbocycles. The quantitative estimate of drug-likeness (QED) is 0.797. The maximum atomic E-state index is 6.12. The van der Waals surface area contributed by atoms with E-state index in [1.54, 1.807) is 6.20 Å². The second kappa shape index (κ2) is 3.84. The summed E-state index contributed by atoms with van der Waals surface area (Å²) in [5, 5.41) is 1.10. The van der Waals surface area contributed by atoms with Crippen LogP contribution in [0.25, 0.3) is 11.0 Å². The molecule has 3 rings (SSSR count). The summed E-state index contributed by atoms with van der Waals surface area (Å²) in [7, 11) is -0.343. The van der Waals surface area contributed by atoms with Gasteiger partial charge in [0.1, 0.15) is 5.65 Å². The highest BCUT2D eigenvalue weighted by molar-refractivity contribution is 6.65. The van der Waals surface area contributed by atoms with Crippen molar-refractivity contribution in [2.24, 2.45) is 0 Å². The van der Waals surface area contributed by atoms with Gasteiger partial charge in [-0.25, -0.2) is 4.98 Å². The molecule has 0 aromatic carbocycles. The smallest absolute Gasteiger partial charge is 0.399 e. The number of pyridine rings is 1. The summed E-state index contributed by atoms with van der Waals surface area (Å²) in [4.78, 5) is 7.51. The lowest BCUT2D eigenvalue weighted by molar-refractivity contribution is 0.00578. The fourth-order valence-electron chi connectivity index (χ4n) is 2.42. The van der Waals surface area contributed by atoms with E-state index >= 15 is 0 Å². The Morgan fingerprint density at radius 2 is 1.79 bits per heavy atom. The molecule has 19 heavy (non-hydrogen) atoms. The van der Waals surface area contributed by atoms with Crippen LogP contribution in [0.3, 0.4) is 0 Å². The van der Waals surface area contributed by atoms with Gasteiger partial charge in [0.2, 0.25) is 0 Å². The number of fused-ring (bicyclic) bond motifs is 1. The molecule has 0 saturated carbocycles. The van der Waals surface area contributed by atoms with Crippen molar-refractivity contribution in [2.45, 2.75) is 45.8 Å². The second-order valence-corrected chi connectivity index (χ2v) is 6.18. The number of nitrogens with zero attached hydrogens (tertiary/aromatic N) is 1. The Balaban J connectivity index is 2.10. The third kappa shape index (κ3) is 1.80. The molecule has 1 saturated heterocycles. The number of hydrogen-bond acceptors (Lipinski definition) is 3. The van der Waals surface area contributed by atoms with E-state index in [0.29, 0.717) is 0 Å². The summed E-state index contributed by atoms with van der Waals surface area (Å²) in [5.74, 6) is 0. The number of aromatic nitrogens is 2. The molecule has 1 aliphatic rings. The van der Waals surface area contributed by atoms with Crippen molar-refractivity contribution in [3.63, 3.8) is 0 Å². The Kier molecular flexibility index (Phi) is 2.56. The summed E-state index contributed by atoms with van der Waals surface area (Å²) in [6.07, 6.45) is 3.76. The Hall–Kier alpha value is -1.33. The minimum absolute atomic E-state index is 0.322. The normalized spacial score (nSPS) is 21.2. The van der Waals surface area contributed by atoms with E-state index in [0.717, 1.165) is 22.1 Å². The molecule has 0 bridgehead atoms. The van der Waals surface area contributed by atoms with Crippen LogP contribution in [0.5, 0.6) is 0 Å². The molecule has 2 aromatic rings. The molecular weight excluding hydrogens is 239 g/mol. The van der Waals surface area contributed by atoms with Crippen LogP contribution < -0.4 is 5.46 Å². The van der Waals surface area contributed by atoms with Gasteiger partial charge in [-0.3, -0.25) is 0 Å². The predicted octanol–water partition coefficient (Wildman–Crippen LogP) is 2.17. The van der Waals surface area contributed by atoms with Crippen LogP contribution in [-0.2, 0) is 9.31 Å². The summed E-state index contributed by atoms with van der Waals surface area (Å²) in [6, 6.07) is 1.98. The molecule has 2 aromatic heterocycles. The lowest BCUT2D eigenvalue weighted by Crippen LogP contribution is -2.41. The Bertz CT molecular complexity index is 617. The van der Waals surface area contributed by atoms with E-state index in [1.165, 1.54) is 0 Å². The van der Waals surface area contributed by atoms with Gasteiger partial charge >= 0.3 is 7.12 Å². The lowest BCUT2D eigenvalue weighted by atomic mass is 9.77. The Labute approximate surface area is 113 Å². The van der Waals surface area contributed by atoms with Crippen LogP contribution in [0.2, 0.25) is 0 Å². The second-order valence-electron chi connectivity index (χ2n) is 6.18. The van der Waals surface area contributed by atoms with Gasteiger partial charge < -0.3 is 14.3 Å². The molecule has 3 heterocycles. The first-order valence-electron chi connectivity index (χ1n) is 6.60. The molecule has 0 unspecified atom stereocenters. The first-order valence-corrected chi connectivity index (χ1v) is 6.60. The summed E-state index contributed by atoms with van der Waals surface area (Å²) in [5.41, 5.74) is 2.44. The molecule has 0 spiro atoms. The highest BCUT2D eigenvalue weighted by Crippen LogP contribution is 2.37. The number of nitrogens with one attached hydrogen (secondary N) is 1. The van der Waals surface area contributed by atoms with Crippen LogP contribution in [0, 0.1) is 6.92 Å². The zero-order chi connectivity index (χ0) is 13.8. The zero-order valence-electron chi connectivity index (χ0n) is 12.1. The van der Waals surface area contributed by atoms with Crippen molar-refractivity contribution in [2.75, 3.05) is 0 Å². The van der Waals surface area contributed by atoms with Crippen molar-refractivity contribution < 1.29 is 9.31 Å². The van der Waals surface area contributed by atoms with Gasteiger partial charge in [-0.15, -0.1) is 0 Å². The predicted molar refractivity (Wildman–Crippen MR) is 76.5 cm³/mol. The third-order valence-corrected chi connectivity index (χ3v) is 4.31. The molecule has 5 heteroatoms. The van der Waals surface area contributed by atoms with Crippen LogP contribution >= 0.6 is 0 Å². The minimum Gasteiger partial charge on any atom is -0.399 e. The summed E-state index contributed by atoms with van der Waals surface area (Å²) >= 11 is 0. The monoisotopic (exact) mass is 258 g/mol. The number of aryl methyl sites for hydroxylation is 1. The number of aromatic amines is 1. The van der Waals surface area contributed by atoms with Crippen molar-refractivity contribution in [3.8, 4) is 0 Å². The third-order valence-electron chi connectivity index (χ3n) is 4.31. The van der Waals surface area contributed by atoms with Crippen LogP contribution in [-0.4, -0.2) is 28.3 Å². The molecule has 1 aliphatic heterocycles. The molecule has 0 atom stereocenters. The van der Waals surface area contributed by atoms with Crippen molar-refractivity contribution in [3.05, 3.63) is 24.0 Å². The number of H-pyrrole nitrogens is 1. The zero-order valence-corrected chi connectivity index (χ0v) is 12.1. The maximum Gasteiger partial charge on any atom is 0.495 e. The van der Waals surface area contributed by atoms with E-state index in [9.17, 15) is 0 Å². The van der Waals surface area contributed by atoms with Crippen LogP contribution in [0.1, 0.15) is 33.3 Å². The molecule has 0 amide bonds. The first kappa shape index (κ1) is 12.7. The van der Waals surface area contributed by atoms with Crippen molar-refractivity contribution in [1.82, 2.24) is 9.97 Å². The SMILES string of the molecule is Cc1c[nH]c2nccc(B3OC(C)(C)C(C)(C)O3)c12. The fraction of sp³-hybridized carbons (Fsp3) is 0.500. The number of hydrogen-bond donors (Lipinski definition) is 1. The largest absolute Gasteiger partial charge is 0.495 e. The van der Waals surface area contributed by atoms with Gasteiger partial charge in [0, 0.05) is 17.8 Å². The van der Waals surface area contributed by atoms with Crippen LogP contribution in [0.4, 0.5) is 0 Å². The van der Waals surface area contributed by atoms with Gasteiger partial charge in [-0.1, -0.05) is 0 Å². The first-order chi connectivity index (χ1) is 8.82. The van der Waals surface area contributed by atoms with E-state index in [-0.39, 0.29) is 18.3 Å². The van der Waals surface area contributed by atoms with Crippen LogP contribution in [0.15, 0.2) is 18.5 Å². The maximum absolute atomic E-state index is 6.12. The van der Waals surface area contributed by atoms with E-state index in [2.05, 4.69) is 44.6 Å². The summed E-state index contributed by atoms with van der Waals surface area (Å²) in [6.45, 7) is 10.3. The van der Waals surface area contributed by atoms with Gasteiger partial charge in [-0.2, -0.15) is 0 Å². The molecule has 0 radical (unpaired) electrons. The molecular formula is C14H19BN2O2. The van der Waals surface area contributed by atoms with Gasteiger partial charge in [0.05, 0.1) is 11.2 Å². The fourth-order valence-corrected chi connectivity index (χ4v) is 2.42. The average Bonchev–Trinajstić information content (AvgIpc) is 2.78. The Morgan fingerprint density at radius 3 is 2.42 bits per heavy atom. The molecule has 1 fully saturated rings. The number of rotatable bonds is 1. The highest BCUT2D eigenvalue weighted by atomic mass is 16.7. The van der Waals surface area contributed by atoms with Gasteiger partial charge in [0.25, 0.3) is 0 Å².